The molecule has 1 fully saturated rings. The van der Waals surface area contributed by atoms with Gasteiger partial charge in [0.1, 0.15) is 12.2 Å². The second kappa shape index (κ2) is 7.72. The van der Waals surface area contributed by atoms with Crippen LogP contribution in [0.15, 0.2) is 48.5 Å². The highest BCUT2D eigenvalue weighted by atomic mass is 16.2. The molecule has 0 saturated carbocycles. The third-order valence-corrected chi connectivity index (χ3v) is 6.34. The quantitative estimate of drug-likeness (QED) is 0.746. The molecule has 1 atom stereocenters. The van der Waals surface area contributed by atoms with Crippen molar-refractivity contribution in [3.63, 3.8) is 0 Å². The standard InChI is InChI=1S/C24H28N4O3/c1-24-14-13-21(29)28(24)20-8-6-5-7-19(20)23(31)27(24)16-22(30)26(4)15-17-9-11-18(12-10-17)25(2)3/h5-12H,13-16H2,1-4H3. The predicted molar refractivity (Wildman–Crippen MR) is 120 cm³/mol. The number of carbonyl (C=O) groups excluding carboxylic acids is 3. The third kappa shape index (κ3) is 3.54. The molecule has 31 heavy (non-hydrogen) atoms. The fourth-order valence-electron chi connectivity index (χ4n) is 4.46. The van der Waals surface area contributed by atoms with Crippen LogP contribution in [0.4, 0.5) is 11.4 Å². The lowest BCUT2D eigenvalue weighted by atomic mass is 9.98. The number of nitrogens with zero attached hydrogens (tertiary/aromatic N) is 4. The van der Waals surface area contributed by atoms with Gasteiger partial charge in [0, 0.05) is 39.8 Å². The van der Waals surface area contributed by atoms with Gasteiger partial charge in [0.2, 0.25) is 11.8 Å². The Morgan fingerprint density at radius 1 is 1.03 bits per heavy atom. The van der Waals surface area contributed by atoms with E-state index in [-0.39, 0.29) is 24.3 Å². The van der Waals surface area contributed by atoms with E-state index < -0.39 is 5.66 Å². The Balaban J connectivity index is 1.54. The number of likely N-dealkylation sites (N-methyl/N-ethyl adjacent to an activating group) is 1. The van der Waals surface area contributed by atoms with Crippen molar-refractivity contribution >= 4 is 29.1 Å². The maximum atomic E-state index is 13.3. The van der Waals surface area contributed by atoms with Crippen LogP contribution >= 0.6 is 0 Å². The van der Waals surface area contributed by atoms with Gasteiger partial charge in [-0.2, -0.15) is 0 Å². The average molecular weight is 421 g/mol. The van der Waals surface area contributed by atoms with Crippen LogP contribution in [0.1, 0.15) is 35.7 Å². The van der Waals surface area contributed by atoms with E-state index in [0.717, 1.165) is 11.3 Å². The molecule has 1 unspecified atom stereocenters. The minimum atomic E-state index is -0.827. The average Bonchev–Trinajstić information content (AvgIpc) is 3.06. The molecule has 2 aliphatic rings. The molecule has 0 spiro atoms. The highest BCUT2D eigenvalue weighted by Crippen LogP contribution is 2.43. The van der Waals surface area contributed by atoms with Crippen LogP contribution in [-0.2, 0) is 16.1 Å². The van der Waals surface area contributed by atoms with Gasteiger partial charge in [-0.1, -0.05) is 24.3 Å². The Hall–Kier alpha value is -3.35. The van der Waals surface area contributed by atoms with Gasteiger partial charge in [0.15, 0.2) is 0 Å². The molecule has 0 radical (unpaired) electrons. The summed E-state index contributed by atoms with van der Waals surface area (Å²) in [5, 5.41) is 0. The van der Waals surface area contributed by atoms with Crippen molar-refractivity contribution in [1.29, 1.82) is 0 Å². The van der Waals surface area contributed by atoms with Gasteiger partial charge >= 0.3 is 0 Å². The first kappa shape index (κ1) is 20.9. The van der Waals surface area contributed by atoms with E-state index >= 15 is 0 Å². The summed E-state index contributed by atoms with van der Waals surface area (Å²) in [6, 6.07) is 15.2. The Kier molecular flexibility index (Phi) is 5.21. The summed E-state index contributed by atoms with van der Waals surface area (Å²) < 4.78 is 0. The van der Waals surface area contributed by atoms with Gasteiger partial charge < -0.3 is 14.7 Å². The molecular weight excluding hydrogens is 392 g/mol. The summed E-state index contributed by atoms with van der Waals surface area (Å²) in [5.74, 6) is -0.389. The summed E-state index contributed by atoms with van der Waals surface area (Å²) in [5.41, 5.74) is 2.38. The number of hydrogen-bond acceptors (Lipinski definition) is 4. The van der Waals surface area contributed by atoms with Crippen molar-refractivity contribution in [3.05, 3.63) is 59.7 Å². The number of fused-ring (bicyclic) bond motifs is 3. The zero-order valence-electron chi connectivity index (χ0n) is 18.5. The van der Waals surface area contributed by atoms with Crippen molar-refractivity contribution in [2.45, 2.75) is 32.0 Å². The van der Waals surface area contributed by atoms with Gasteiger partial charge in [0.25, 0.3) is 5.91 Å². The molecule has 2 aromatic rings. The molecule has 162 valence electrons. The number of benzene rings is 2. The van der Waals surface area contributed by atoms with Crippen LogP contribution in [0.25, 0.3) is 0 Å². The summed E-state index contributed by atoms with van der Waals surface area (Å²) >= 11 is 0. The SMILES string of the molecule is CN(Cc1ccc(N(C)C)cc1)C(=O)CN1C(=O)c2ccccc2N2C(=O)CCC12C. The molecular formula is C24H28N4O3. The maximum absolute atomic E-state index is 13.3. The first-order chi connectivity index (χ1) is 14.7. The number of rotatable bonds is 5. The fourth-order valence-corrected chi connectivity index (χ4v) is 4.46. The molecule has 4 rings (SSSR count). The van der Waals surface area contributed by atoms with E-state index in [1.807, 2.05) is 56.3 Å². The van der Waals surface area contributed by atoms with Crippen molar-refractivity contribution in [2.24, 2.45) is 0 Å². The Labute approximate surface area is 182 Å². The monoisotopic (exact) mass is 420 g/mol. The predicted octanol–water partition coefficient (Wildman–Crippen LogP) is 2.71. The highest BCUT2D eigenvalue weighted by molar-refractivity contribution is 6.11. The second-order valence-electron chi connectivity index (χ2n) is 8.67. The van der Waals surface area contributed by atoms with Crippen LogP contribution in [0.2, 0.25) is 0 Å². The third-order valence-electron chi connectivity index (χ3n) is 6.34. The maximum Gasteiger partial charge on any atom is 0.258 e. The zero-order chi connectivity index (χ0) is 22.3. The number of carbonyl (C=O) groups is 3. The topological polar surface area (TPSA) is 64.2 Å². The molecule has 3 amide bonds. The molecule has 2 heterocycles. The molecule has 1 saturated heterocycles. The van der Waals surface area contributed by atoms with Crippen LogP contribution in [0, 0.1) is 0 Å². The van der Waals surface area contributed by atoms with Gasteiger partial charge in [-0.25, -0.2) is 0 Å². The van der Waals surface area contributed by atoms with Gasteiger partial charge in [-0.3, -0.25) is 19.3 Å². The summed E-state index contributed by atoms with van der Waals surface area (Å²) in [7, 11) is 5.70. The smallest absolute Gasteiger partial charge is 0.258 e. The Morgan fingerprint density at radius 3 is 2.39 bits per heavy atom. The van der Waals surface area contributed by atoms with Crippen molar-refractivity contribution < 1.29 is 14.4 Å². The van der Waals surface area contributed by atoms with Crippen LogP contribution < -0.4 is 9.80 Å². The van der Waals surface area contributed by atoms with E-state index in [2.05, 4.69) is 0 Å². The second-order valence-corrected chi connectivity index (χ2v) is 8.67. The minimum Gasteiger partial charge on any atom is -0.378 e. The van der Waals surface area contributed by atoms with Crippen molar-refractivity contribution in [3.8, 4) is 0 Å². The summed E-state index contributed by atoms with van der Waals surface area (Å²) in [4.78, 5) is 45.9. The Bertz CT molecular complexity index is 1030. The highest BCUT2D eigenvalue weighted by Gasteiger charge is 2.53. The summed E-state index contributed by atoms with van der Waals surface area (Å²) in [6.45, 7) is 2.25. The molecule has 0 aromatic heterocycles. The molecule has 7 heteroatoms. The first-order valence-corrected chi connectivity index (χ1v) is 10.5. The number of amides is 3. The Morgan fingerprint density at radius 2 is 1.71 bits per heavy atom. The van der Waals surface area contributed by atoms with Crippen molar-refractivity contribution in [1.82, 2.24) is 9.80 Å². The lowest BCUT2D eigenvalue weighted by molar-refractivity contribution is -0.132. The molecule has 0 bridgehead atoms. The van der Waals surface area contributed by atoms with Crippen molar-refractivity contribution in [2.75, 3.05) is 37.5 Å². The lowest BCUT2D eigenvalue weighted by Gasteiger charge is -2.48. The lowest BCUT2D eigenvalue weighted by Crippen LogP contribution is -2.63. The minimum absolute atomic E-state index is 0.0192. The normalized spacial score (nSPS) is 19.9. The number of anilines is 2. The largest absolute Gasteiger partial charge is 0.378 e. The molecule has 2 aromatic carbocycles. The van der Waals surface area contributed by atoms with Gasteiger partial charge in [-0.15, -0.1) is 0 Å². The first-order valence-electron chi connectivity index (χ1n) is 10.5. The molecule has 2 aliphatic heterocycles. The van der Waals surface area contributed by atoms with E-state index in [1.165, 1.54) is 0 Å². The van der Waals surface area contributed by atoms with Crippen LogP contribution in [-0.4, -0.2) is 60.9 Å². The van der Waals surface area contributed by atoms with E-state index in [1.54, 1.807) is 39.9 Å². The molecule has 7 nitrogen and oxygen atoms in total. The van der Waals surface area contributed by atoms with E-state index in [0.29, 0.717) is 30.6 Å². The van der Waals surface area contributed by atoms with E-state index in [4.69, 9.17) is 0 Å². The van der Waals surface area contributed by atoms with Crippen LogP contribution in [0.5, 0.6) is 0 Å². The van der Waals surface area contributed by atoms with Gasteiger partial charge in [0.05, 0.1) is 11.3 Å². The fraction of sp³-hybridized carbons (Fsp3) is 0.375. The molecule has 0 aliphatic carbocycles. The van der Waals surface area contributed by atoms with Crippen LogP contribution in [0.3, 0.4) is 0 Å². The number of hydrogen-bond donors (Lipinski definition) is 0. The van der Waals surface area contributed by atoms with E-state index in [9.17, 15) is 14.4 Å². The summed E-state index contributed by atoms with van der Waals surface area (Å²) in [6.07, 6.45) is 0.867. The number of para-hydroxylation sites is 1. The zero-order valence-corrected chi connectivity index (χ0v) is 18.5. The molecule has 0 N–H and O–H groups in total. The van der Waals surface area contributed by atoms with Gasteiger partial charge in [-0.05, 0) is 43.2 Å².